The van der Waals surface area contributed by atoms with Gasteiger partial charge in [-0.05, 0) is 49.4 Å². The van der Waals surface area contributed by atoms with Crippen LogP contribution >= 0.6 is 0 Å². The number of ketones is 1. The van der Waals surface area contributed by atoms with Gasteiger partial charge in [-0.2, -0.15) is 0 Å². The highest BCUT2D eigenvalue weighted by atomic mass is 16.1. The number of anilines is 2. The monoisotopic (exact) mass is 457 g/mol. The number of aromatic nitrogens is 2. The van der Waals surface area contributed by atoms with E-state index in [1.54, 1.807) is 6.33 Å². The Kier molecular flexibility index (Phi) is 6.00. The number of fused-ring (bicyclic) bond motifs is 2. The number of aryl methyl sites for hydroxylation is 1. The van der Waals surface area contributed by atoms with E-state index in [4.69, 9.17) is 0 Å². The van der Waals surface area contributed by atoms with Gasteiger partial charge >= 0.3 is 0 Å². The van der Waals surface area contributed by atoms with E-state index in [0.29, 0.717) is 5.78 Å². The number of aromatic amines is 1. The summed E-state index contributed by atoms with van der Waals surface area (Å²) in [5.41, 5.74) is 5.90. The summed E-state index contributed by atoms with van der Waals surface area (Å²) in [6.45, 7) is 3.65. The second kappa shape index (κ2) is 9.41. The highest BCUT2D eigenvalue weighted by molar-refractivity contribution is 5.89. The van der Waals surface area contributed by atoms with E-state index in [9.17, 15) is 4.79 Å². The molecule has 6 heteroatoms. The number of H-pyrrole nitrogens is 1. The second-order valence-corrected chi connectivity index (χ2v) is 10.2. The van der Waals surface area contributed by atoms with Gasteiger partial charge in [0.1, 0.15) is 5.52 Å². The number of benzene rings is 2. The topological polar surface area (TPSA) is 64.3 Å². The number of para-hydroxylation sites is 2. The molecule has 0 spiro atoms. The van der Waals surface area contributed by atoms with Crippen molar-refractivity contribution in [2.45, 2.75) is 57.0 Å². The first-order valence-electron chi connectivity index (χ1n) is 13.1. The predicted molar refractivity (Wildman–Crippen MR) is 137 cm³/mol. The molecule has 0 radical (unpaired) electrons. The minimum Gasteiger partial charge on any atom is -0.380 e. The Labute approximate surface area is 201 Å². The molecule has 2 atom stereocenters. The van der Waals surface area contributed by atoms with Gasteiger partial charge in [0.2, 0.25) is 0 Å². The zero-order valence-electron chi connectivity index (χ0n) is 19.9. The number of Topliss-reactive ketones (excluding diaryl/α,β-unsaturated/α-hetero) is 1. The number of hydrogen-bond donors (Lipinski definition) is 2. The molecule has 3 aromatic rings. The van der Waals surface area contributed by atoms with Crippen molar-refractivity contribution in [1.82, 2.24) is 14.9 Å². The maximum atomic E-state index is 14.0. The molecule has 1 saturated heterocycles. The lowest BCUT2D eigenvalue weighted by atomic mass is 9.80. The smallest absolute Gasteiger partial charge is 0.155 e. The Morgan fingerprint density at radius 1 is 0.941 bits per heavy atom. The van der Waals surface area contributed by atoms with Crippen molar-refractivity contribution in [3.63, 3.8) is 0 Å². The number of rotatable bonds is 5. The Hall–Kier alpha value is -2.86. The summed E-state index contributed by atoms with van der Waals surface area (Å²) in [7, 11) is 0. The maximum absolute atomic E-state index is 14.0. The van der Waals surface area contributed by atoms with Crippen molar-refractivity contribution in [2.75, 3.05) is 36.4 Å². The normalized spacial score (nSPS) is 22.8. The first-order chi connectivity index (χ1) is 16.8. The quantitative estimate of drug-likeness (QED) is 0.585. The lowest BCUT2D eigenvalue weighted by Gasteiger charge is -2.45. The van der Waals surface area contributed by atoms with Crippen LogP contribution in [0.5, 0.6) is 0 Å². The van der Waals surface area contributed by atoms with Gasteiger partial charge < -0.3 is 15.2 Å². The number of carbonyl (C=O) groups excluding carboxylic acids is 1. The van der Waals surface area contributed by atoms with Crippen LogP contribution in [-0.2, 0) is 11.2 Å². The molecule has 0 bridgehead atoms. The Morgan fingerprint density at radius 2 is 1.76 bits per heavy atom. The molecule has 3 aliphatic rings. The third kappa shape index (κ3) is 4.09. The molecule has 2 fully saturated rings. The standard InChI is InChI=1S/C28H35N5O/c34-28(21-8-2-1-3-9-21)27(24-14-13-20-7-4-5-10-22(20)31-24)33-17-15-32(16-18-33)25-12-6-11-23-26(25)30-19-29-23/h4-7,10-12,19,21,24,27,31H,1-3,8-9,13-18H2,(H,29,30). The average molecular weight is 458 g/mol. The highest BCUT2D eigenvalue weighted by Gasteiger charge is 2.40. The SMILES string of the molecule is O=C(C1CCCCC1)C(C1CCc2ccccc2N1)N1CCN(c2cccc3[nH]cnc23)CC1. The molecule has 2 N–H and O–H groups in total. The second-order valence-electron chi connectivity index (χ2n) is 10.2. The molecule has 1 aliphatic carbocycles. The van der Waals surface area contributed by atoms with E-state index < -0.39 is 0 Å². The van der Waals surface area contributed by atoms with Crippen molar-refractivity contribution < 1.29 is 4.79 Å². The van der Waals surface area contributed by atoms with Gasteiger partial charge in [-0.3, -0.25) is 9.69 Å². The summed E-state index contributed by atoms with van der Waals surface area (Å²) in [6, 6.07) is 15.1. The van der Waals surface area contributed by atoms with Gasteiger partial charge in [0.15, 0.2) is 5.78 Å². The fourth-order valence-corrected chi connectivity index (χ4v) is 6.41. The van der Waals surface area contributed by atoms with Crippen molar-refractivity contribution in [2.24, 2.45) is 5.92 Å². The Bertz CT molecular complexity index is 1140. The zero-order valence-corrected chi connectivity index (χ0v) is 19.9. The van der Waals surface area contributed by atoms with Crippen LogP contribution in [0.25, 0.3) is 11.0 Å². The van der Waals surface area contributed by atoms with Gasteiger partial charge in [-0.15, -0.1) is 0 Å². The zero-order chi connectivity index (χ0) is 22.9. The summed E-state index contributed by atoms with van der Waals surface area (Å²) in [5.74, 6) is 0.716. The van der Waals surface area contributed by atoms with Crippen LogP contribution in [0.3, 0.4) is 0 Å². The fourth-order valence-electron chi connectivity index (χ4n) is 6.41. The van der Waals surface area contributed by atoms with E-state index in [0.717, 1.165) is 62.9 Å². The van der Waals surface area contributed by atoms with Crippen LogP contribution in [0.4, 0.5) is 11.4 Å². The number of nitrogens with zero attached hydrogens (tertiary/aromatic N) is 3. The molecule has 34 heavy (non-hydrogen) atoms. The number of imidazole rings is 1. The first kappa shape index (κ1) is 21.7. The molecule has 0 amide bonds. The minimum absolute atomic E-state index is 0.0419. The van der Waals surface area contributed by atoms with Gasteiger partial charge in [-0.25, -0.2) is 4.98 Å². The maximum Gasteiger partial charge on any atom is 0.155 e. The van der Waals surface area contributed by atoms with E-state index in [2.05, 4.69) is 67.5 Å². The molecule has 2 aromatic carbocycles. The lowest BCUT2D eigenvalue weighted by molar-refractivity contribution is -0.130. The van der Waals surface area contributed by atoms with Gasteiger partial charge in [-0.1, -0.05) is 43.5 Å². The number of carbonyl (C=O) groups is 1. The largest absolute Gasteiger partial charge is 0.380 e. The van der Waals surface area contributed by atoms with Gasteiger partial charge in [0, 0.05) is 43.8 Å². The summed E-state index contributed by atoms with van der Waals surface area (Å²) >= 11 is 0. The summed E-state index contributed by atoms with van der Waals surface area (Å²) in [6.07, 6.45) is 9.66. The molecule has 3 heterocycles. The molecular formula is C28H35N5O. The Morgan fingerprint density at radius 3 is 2.62 bits per heavy atom. The van der Waals surface area contributed by atoms with Crippen molar-refractivity contribution in [3.8, 4) is 0 Å². The number of piperazine rings is 1. The molecule has 2 unspecified atom stereocenters. The van der Waals surface area contributed by atoms with Crippen molar-refractivity contribution in [3.05, 3.63) is 54.4 Å². The highest BCUT2D eigenvalue weighted by Crippen LogP contribution is 2.33. The molecule has 6 rings (SSSR count). The predicted octanol–water partition coefficient (Wildman–Crippen LogP) is 4.63. The van der Waals surface area contributed by atoms with Crippen LogP contribution in [0, 0.1) is 5.92 Å². The third-order valence-electron chi connectivity index (χ3n) is 8.24. The van der Waals surface area contributed by atoms with Crippen molar-refractivity contribution in [1.29, 1.82) is 0 Å². The van der Waals surface area contributed by atoms with Crippen LogP contribution in [0.15, 0.2) is 48.8 Å². The van der Waals surface area contributed by atoms with Gasteiger partial charge in [0.05, 0.1) is 23.6 Å². The van der Waals surface area contributed by atoms with E-state index in [-0.39, 0.29) is 18.0 Å². The number of hydrogen-bond acceptors (Lipinski definition) is 5. The summed E-state index contributed by atoms with van der Waals surface area (Å²) in [5, 5.41) is 3.79. The third-order valence-corrected chi connectivity index (χ3v) is 8.24. The van der Waals surface area contributed by atoms with Crippen LogP contribution < -0.4 is 10.2 Å². The molecular weight excluding hydrogens is 422 g/mol. The van der Waals surface area contributed by atoms with Crippen LogP contribution in [-0.4, -0.2) is 58.9 Å². The van der Waals surface area contributed by atoms with Crippen LogP contribution in [0.1, 0.15) is 44.1 Å². The summed E-state index contributed by atoms with van der Waals surface area (Å²) in [4.78, 5) is 26.7. The van der Waals surface area contributed by atoms with Gasteiger partial charge in [0.25, 0.3) is 0 Å². The Balaban J connectivity index is 1.22. The molecule has 6 nitrogen and oxygen atoms in total. The molecule has 178 valence electrons. The minimum atomic E-state index is -0.0419. The van der Waals surface area contributed by atoms with Crippen molar-refractivity contribution >= 4 is 28.2 Å². The fraction of sp³-hybridized carbons (Fsp3) is 0.500. The van der Waals surface area contributed by atoms with E-state index >= 15 is 0 Å². The number of nitrogens with one attached hydrogen (secondary N) is 2. The first-order valence-corrected chi connectivity index (χ1v) is 13.1. The summed E-state index contributed by atoms with van der Waals surface area (Å²) < 4.78 is 0. The molecule has 2 aliphatic heterocycles. The molecule has 1 aromatic heterocycles. The van der Waals surface area contributed by atoms with E-state index in [1.165, 1.54) is 36.2 Å². The average Bonchev–Trinajstić information content (AvgIpc) is 3.39. The van der Waals surface area contributed by atoms with Crippen LogP contribution in [0.2, 0.25) is 0 Å². The lowest BCUT2D eigenvalue weighted by Crippen LogP contribution is -2.60. The van der Waals surface area contributed by atoms with E-state index in [1.807, 2.05) is 0 Å². The molecule has 1 saturated carbocycles.